The molecule has 0 atom stereocenters. The molecule has 3 aromatic carbocycles. The van der Waals surface area contributed by atoms with Crippen LogP contribution in [0.2, 0.25) is 0 Å². The number of benzene rings is 3. The third-order valence-electron chi connectivity index (χ3n) is 4.70. The maximum Gasteiger partial charge on any atom is 0.0459 e. The summed E-state index contributed by atoms with van der Waals surface area (Å²) in [6.07, 6.45) is 5.74. The van der Waals surface area contributed by atoms with Crippen molar-refractivity contribution in [3.8, 4) is 11.1 Å². The second-order valence-corrected chi connectivity index (χ2v) is 7.53. The molecule has 1 N–H and O–H groups in total. The number of rotatable bonds is 5. The van der Waals surface area contributed by atoms with Crippen molar-refractivity contribution in [1.82, 2.24) is 0 Å². The topological polar surface area (TPSA) is 12.0 Å². The molecule has 4 aromatic rings. The van der Waals surface area contributed by atoms with E-state index in [1.54, 1.807) is 6.20 Å². The average Bonchev–Trinajstić information content (AvgIpc) is 3.06. The molecule has 0 aliphatic carbocycles. The lowest BCUT2D eigenvalue weighted by Crippen LogP contribution is -1.93. The Morgan fingerprint density at radius 1 is 0.926 bits per heavy atom. The zero-order chi connectivity index (χ0) is 18.8. The average molecular weight is 368 g/mol. The highest BCUT2D eigenvalue weighted by atomic mass is 32.1. The number of fused-ring (bicyclic) bond motifs is 3. The SMILES string of the molecule is C=CNc1ccc(-c2ccc3sc4ccccc4c3c2)cc1C(=C)/C=C\C. The van der Waals surface area contributed by atoms with Gasteiger partial charge < -0.3 is 5.32 Å². The molecule has 0 spiro atoms. The maximum absolute atomic E-state index is 4.22. The first kappa shape index (κ1) is 17.3. The lowest BCUT2D eigenvalue weighted by molar-refractivity contribution is 1.53. The summed E-state index contributed by atoms with van der Waals surface area (Å²) in [6.45, 7) is 10.0. The van der Waals surface area contributed by atoms with Gasteiger partial charge in [-0.15, -0.1) is 11.3 Å². The molecule has 0 bridgehead atoms. The number of nitrogens with one attached hydrogen (secondary N) is 1. The highest BCUT2D eigenvalue weighted by Crippen LogP contribution is 2.37. The number of anilines is 1. The number of allylic oxidation sites excluding steroid dienone is 3. The first-order chi connectivity index (χ1) is 13.2. The van der Waals surface area contributed by atoms with Crippen LogP contribution in [-0.2, 0) is 0 Å². The summed E-state index contributed by atoms with van der Waals surface area (Å²) >= 11 is 1.84. The minimum Gasteiger partial charge on any atom is -0.362 e. The van der Waals surface area contributed by atoms with Gasteiger partial charge in [0.15, 0.2) is 0 Å². The molecule has 4 rings (SSSR count). The van der Waals surface area contributed by atoms with Crippen molar-refractivity contribution in [3.63, 3.8) is 0 Å². The Bertz CT molecular complexity index is 1190. The van der Waals surface area contributed by atoms with E-state index in [2.05, 4.69) is 79.1 Å². The van der Waals surface area contributed by atoms with Crippen LogP contribution in [0.3, 0.4) is 0 Å². The minimum atomic E-state index is 0.978. The van der Waals surface area contributed by atoms with Gasteiger partial charge in [0.1, 0.15) is 0 Å². The second-order valence-electron chi connectivity index (χ2n) is 6.44. The van der Waals surface area contributed by atoms with Crippen LogP contribution < -0.4 is 5.32 Å². The largest absolute Gasteiger partial charge is 0.362 e. The van der Waals surface area contributed by atoms with Gasteiger partial charge >= 0.3 is 0 Å². The summed E-state index contributed by atoms with van der Waals surface area (Å²) in [4.78, 5) is 0. The van der Waals surface area contributed by atoms with Crippen LogP contribution in [0.15, 0.2) is 92.2 Å². The Balaban J connectivity index is 1.87. The zero-order valence-corrected chi connectivity index (χ0v) is 16.1. The Hall–Kier alpha value is -3.10. The van der Waals surface area contributed by atoms with Crippen LogP contribution in [0, 0.1) is 0 Å². The van der Waals surface area contributed by atoms with Crippen molar-refractivity contribution in [2.45, 2.75) is 6.92 Å². The van der Waals surface area contributed by atoms with Crippen molar-refractivity contribution in [3.05, 3.63) is 97.7 Å². The lowest BCUT2D eigenvalue weighted by atomic mass is 9.96. The molecule has 1 heterocycles. The summed E-state index contributed by atoms with van der Waals surface area (Å²) < 4.78 is 2.65. The van der Waals surface area contributed by atoms with Crippen molar-refractivity contribution < 1.29 is 0 Å². The first-order valence-corrected chi connectivity index (χ1v) is 9.78. The number of thiophene rings is 1. The molecule has 0 saturated heterocycles. The third kappa shape index (κ3) is 3.20. The minimum absolute atomic E-state index is 0.978. The number of hydrogen-bond acceptors (Lipinski definition) is 2. The molecule has 132 valence electrons. The molecule has 0 aliphatic rings. The van der Waals surface area contributed by atoms with Gasteiger partial charge in [-0.05, 0) is 60.2 Å². The van der Waals surface area contributed by atoms with E-state index in [1.807, 2.05) is 30.4 Å². The van der Waals surface area contributed by atoms with E-state index in [0.717, 1.165) is 16.8 Å². The molecular formula is C25H21NS. The second kappa shape index (κ2) is 7.26. The van der Waals surface area contributed by atoms with E-state index in [9.17, 15) is 0 Å². The van der Waals surface area contributed by atoms with Crippen LogP contribution >= 0.6 is 11.3 Å². The highest BCUT2D eigenvalue weighted by Gasteiger charge is 2.09. The van der Waals surface area contributed by atoms with Crippen molar-refractivity contribution in [2.24, 2.45) is 0 Å². The van der Waals surface area contributed by atoms with Crippen LogP contribution in [0.25, 0.3) is 36.9 Å². The summed E-state index contributed by atoms with van der Waals surface area (Å²) in [5.41, 5.74) is 5.47. The summed E-state index contributed by atoms with van der Waals surface area (Å²) in [5.74, 6) is 0. The van der Waals surface area contributed by atoms with Crippen LogP contribution in [0.5, 0.6) is 0 Å². The zero-order valence-electron chi connectivity index (χ0n) is 15.3. The van der Waals surface area contributed by atoms with Crippen molar-refractivity contribution in [1.29, 1.82) is 0 Å². The molecule has 0 amide bonds. The number of hydrogen-bond donors (Lipinski definition) is 1. The predicted octanol–water partition coefficient (Wildman–Crippen LogP) is 7.87. The molecular weight excluding hydrogens is 346 g/mol. The fourth-order valence-electron chi connectivity index (χ4n) is 3.42. The molecule has 27 heavy (non-hydrogen) atoms. The molecule has 1 aromatic heterocycles. The van der Waals surface area contributed by atoms with Gasteiger partial charge in [-0.3, -0.25) is 0 Å². The normalized spacial score (nSPS) is 11.3. The molecule has 0 aliphatic heterocycles. The van der Waals surface area contributed by atoms with Gasteiger partial charge in [0.05, 0.1) is 0 Å². The van der Waals surface area contributed by atoms with Crippen molar-refractivity contribution >= 4 is 42.8 Å². The summed E-state index contributed by atoms with van der Waals surface area (Å²) in [7, 11) is 0. The van der Waals surface area contributed by atoms with E-state index in [4.69, 9.17) is 0 Å². The maximum atomic E-state index is 4.22. The Morgan fingerprint density at radius 2 is 1.67 bits per heavy atom. The van der Waals surface area contributed by atoms with Crippen molar-refractivity contribution in [2.75, 3.05) is 5.32 Å². The van der Waals surface area contributed by atoms with E-state index < -0.39 is 0 Å². The molecule has 0 saturated carbocycles. The summed E-state index contributed by atoms with van der Waals surface area (Å²) in [6, 6.07) is 21.8. The summed E-state index contributed by atoms with van der Waals surface area (Å²) in [5, 5.41) is 5.85. The van der Waals surface area contributed by atoms with E-state index in [-0.39, 0.29) is 0 Å². The smallest absolute Gasteiger partial charge is 0.0459 e. The molecule has 0 radical (unpaired) electrons. The first-order valence-electron chi connectivity index (χ1n) is 8.96. The van der Waals surface area contributed by atoms with Gasteiger partial charge in [0.25, 0.3) is 0 Å². The van der Waals surface area contributed by atoms with Gasteiger partial charge in [-0.2, -0.15) is 0 Å². The highest BCUT2D eigenvalue weighted by molar-refractivity contribution is 7.25. The Labute approximate surface area is 164 Å². The quantitative estimate of drug-likeness (QED) is 0.354. The van der Waals surface area contributed by atoms with Gasteiger partial charge in [-0.1, -0.05) is 55.6 Å². The lowest BCUT2D eigenvalue weighted by Gasteiger charge is -2.12. The van der Waals surface area contributed by atoms with E-state index in [1.165, 1.54) is 31.3 Å². The fourth-order valence-corrected chi connectivity index (χ4v) is 4.51. The Kier molecular flexibility index (Phi) is 4.66. The molecule has 1 nitrogen and oxygen atoms in total. The molecule has 2 heteroatoms. The van der Waals surface area contributed by atoms with Crippen LogP contribution in [0.4, 0.5) is 5.69 Å². The third-order valence-corrected chi connectivity index (χ3v) is 5.85. The standard InChI is InChI=1S/C25H21NS/c1-4-8-17(3)21-15-18(11-13-23(21)26-5-2)19-12-14-25-22(16-19)20-9-6-7-10-24(20)27-25/h4-16,26H,2-3H2,1H3/b8-4-. The predicted molar refractivity (Wildman–Crippen MR) is 122 cm³/mol. The van der Waals surface area contributed by atoms with Gasteiger partial charge in [-0.25, -0.2) is 0 Å². The van der Waals surface area contributed by atoms with Crippen LogP contribution in [-0.4, -0.2) is 0 Å². The van der Waals surface area contributed by atoms with Crippen LogP contribution in [0.1, 0.15) is 12.5 Å². The Morgan fingerprint density at radius 3 is 2.48 bits per heavy atom. The monoisotopic (exact) mass is 367 g/mol. The van der Waals surface area contributed by atoms with Gasteiger partial charge in [0.2, 0.25) is 0 Å². The fraction of sp³-hybridized carbons (Fsp3) is 0.0400. The van der Waals surface area contributed by atoms with Gasteiger partial charge in [0, 0.05) is 31.4 Å². The van der Waals surface area contributed by atoms with E-state index >= 15 is 0 Å². The van der Waals surface area contributed by atoms with E-state index in [0.29, 0.717) is 0 Å². The molecule has 0 unspecified atom stereocenters. The molecule has 0 fully saturated rings.